The van der Waals surface area contributed by atoms with E-state index in [-0.39, 0.29) is 28.6 Å². The molecule has 1 atom stereocenters. The van der Waals surface area contributed by atoms with Gasteiger partial charge in [-0.05, 0) is 30.4 Å². The third kappa shape index (κ3) is 2.98. The first kappa shape index (κ1) is 14.5. The number of aromatic carboxylic acids is 1. The highest BCUT2D eigenvalue weighted by atomic mass is 16.4. The van der Waals surface area contributed by atoms with Crippen molar-refractivity contribution in [2.45, 2.75) is 39.5 Å². The van der Waals surface area contributed by atoms with Crippen LogP contribution in [0.1, 0.15) is 50.0 Å². The van der Waals surface area contributed by atoms with Gasteiger partial charge in [0.2, 0.25) is 5.91 Å². The number of rotatable bonds is 3. The Labute approximate surface area is 118 Å². The van der Waals surface area contributed by atoms with Crippen molar-refractivity contribution in [3.05, 3.63) is 24.0 Å². The van der Waals surface area contributed by atoms with E-state index in [1.807, 2.05) is 0 Å². The van der Waals surface area contributed by atoms with Crippen LogP contribution in [0.4, 0.5) is 5.69 Å². The van der Waals surface area contributed by atoms with Crippen LogP contribution in [0.2, 0.25) is 0 Å². The molecular formula is C15H20N2O3. The molecule has 0 bridgehead atoms. The number of amides is 1. The molecule has 2 rings (SSSR count). The maximum atomic E-state index is 12.4. The first-order valence-corrected chi connectivity index (χ1v) is 6.91. The Balaban J connectivity index is 2.18. The number of hydrogen-bond acceptors (Lipinski definition) is 3. The van der Waals surface area contributed by atoms with Gasteiger partial charge >= 0.3 is 5.97 Å². The second kappa shape index (κ2) is 5.61. The highest BCUT2D eigenvalue weighted by molar-refractivity contribution is 6.00. The predicted molar refractivity (Wildman–Crippen MR) is 75.6 cm³/mol. The molecule has 1 aromatic rings. The summed E-state index contributed by atoms with van der Waals surface area (Å²) < 4.78 is 0. The van der Waals surface area contributed by atoms with Crippen LogP contribution in [0.3, 0.4) is 0 Å². The molecule has 1 aliphatic rings. The summed E-state index contributed by atoms with van der Waals surface area (Å²) >= 11 is 0. The lowest BCUT2D eigenvalue weighted by molar-refractivity contribution is -0.124. The normalized spacial score (nSPS) is 21.2. The molecule has 1 heterocycles. The van der Waals surface area contributed by atoms with E-state index in [4.69, 9.17) is 5.11 Å². The zero-order valence-corrected chi connectivity index (χ0v) is 11.8. The van der Waals surface area contributed by atoms with Gasteiger partial charge < -0.3 is 10.4 Å². The molecule has 1 fully saturated rings. The second-order valence-electron chi connectivity index (χ2n) is 5.98. The second-order valence-corrected chi connectivity index (χ2v) is 5.98. The van der Waals surface area contributed by atoms with Crippen LogP contribution >= 0.6 is 0 Å². The van der Waals surface area contributed by atoms with Gasteiger partial charge in [0.1, 0.15) is 0 Å². The standard InChI is InChI=1S/C15H20N2O3/c1-15(2)8-4-3-6-10(15)13(18)17-11-7-5-9-16-12(11)14(19)20/h5,7,9-10H,3-4,6,8H2,1-2H3,(H,17,18)(H,19,20). The average molecular weight is 276 g/mol. The summed E-state index contributed by atoms with van der Waals surface area (Å²) in [6.45, 7) is 4.19. The summed E-state index contributed by atoms with van der Waals surface area (Å²) in [6, 6.07) is 3.19. The van der Waals surface area contributed by atoms with Crippen molar-refractivity contribution in [3.63, 3.8) is 0 Å². The molecule has 5 heteroatoms. The van der Waals surface area contributed by atoms with Crippen LogP contribution in [-0.4, -0.2) is 22.0 Å². The molecule has 1 aliphatic carbocycles. The summed E-state index contributed by atoms with van der Waals surface area (Å²) in [5, 5.41) is 11.8. The van der Waals surface area contributed by atoms with Gasteiger partial charge in [-0.2, -0.15) is 0 Å². The maximum absolute atomic E-state index is 12.4. The predicted octanol–water partition coefficient (Wildman–Crippen LogP) is 2.93. The van der Waals surface area contributed by atoms with Gasteiger partial charge in [-0.25, -0.2) is 9.78 Å². The number of aromatic nitrogens is 1. The van der Waals surface area contributed by atoms with Gasteiger partial charge in [0.15, 0.2) is 5.69 Å². The summed E-state index contributed by atoms with van der Waals surface area (Å²) in [5.41, 5.74) is 0.106. The molecule has 0 aromatic carbocycles. The summed E-state index contributed by atoms with van der Waals surface area (Å²) in [7, 11) is 0. The topological polar surface area (TPSA) is 79.3 Å². The number of anilines is 1. The molecule has 20 heavy (non-hydrogen) atoms. The monoisotopic (exact) mass is 276 g/mol. The zero-order chi connectivity index (χ0) is 14.8. The fourth-order valence-electron chi connectivity index (χ4n) is 2.88. The zero-order valence-electron chi connectivity index (χ0n) is 11.8. The van der Waals surface area contributed by atoms with Crippen molar-refractivity contribution in [1.82, 2.24) is 4.98 Å². The molecule has 5 nitrogen and oxygen atoms in total. The molecule has 108 valence electrons. The molecular weight excluding hydrogens is 256 g/mol. The Morgan fingerprint density at radius 1 is 1.40 bits per heavy atom. The smallest absolute Gasteiger partial charge is 0.356 e. The van der Waals surface area contributed by atoms with Gasteiger partial charge in [0, 0.05) is 12.1 Å². The van der Waals surface area contributed by atoms with E-state index in [1.54, 1.807) is 12.1 Å². The first-order valence-electron chi connectivity index (χ1n) is 6.91. The van der Waals surface area contributed by atoms with E-state index < -0.39 is 5.97 Å². The minimum absolute atomic E-state index is 0.0477. The lowest BCUT2D eigenvalue weighted by Crippen LogP contribution is -2.37. The fourth-order valence-corrected chi connectivity index (χ4v) is 2.88. The number of hydrogen-bond donors (Lipinski definition) is 2. The van der Waals surface area contributed by atoms with E-state index in [1.165, 1.54) is 6.20 Å². The van der Waals surface area contributed by atoms with Crippen molar-refractivity contribution < 1.29 is 14.7 Å². The van der Waals surface area contributed by atoms with Crippen molar-refractivity contribution in [1.29, 1.82) is 0 Å². The number of carbonyl (C=O) groups excluding carboxylic acids is 1. The number of nitrogens with zero attached hydrogens (tertiary/aromatic N) is 1. The Morgan fingerprint density at radius 3 is 2.80 bits per heavy atom. The van der Waals surface area contributed by atoms with E-state index >= 15 is 0 Å². The minimum Gasteiger partial charge on any atom is -0.476 e. The van der Waals surface area contributed by atoms with Gasteiger partial charge in [-0.1, -0.05) is 26.7 Å². The van der Waals surface area contributed by atoms with E-state index in [9.17, 15) is 9.59 Å². The number of pyridine rings is 1. The summed E-state index contributed by atoms with van der Waals surface area (Å²) in [4.78, 5) is 27.3. The Morgan fingerprint density at radius 2 is 2.15 bits per heavy atom. The summed E-state index contributed by atoms with van der Waals surface area (Å²) in [5.74, 6) is -1.33. The van der Waals surface area contributed by atoms with Crippen LogP contribution in [0.15, 0.2) is 18.3 Å². The van der Waals surface area contributed by atoms with Crippen LogP contribution in [0.5, 0.6) is 0 Å². The molecule has 1 amide bonds. The van der Waals surface area contributed by atoms with Gasteiger partial charge in [-0.3, -0.25) is 4.79 Å². The van der Waals surface area contributed by atoms with Crippen molar-refractivity contribution >= 4 is 17.6 Å². The summed E-state index contributed by atoms with van der Waals surface area (Å²) in [6.07, 6.45) is 5.46. The highest BCUT2D eigenvalue weighted by Gasteiger charge is 2.37. The lowest BCUT2D eigenvalue weighted by atomic mass is 9.68. The van der Waals surface area contributed by atoms with E-state index in [0.717, 1.165) is 25.7 Å². The number of carboxylic acids is 1. The molecule has 0 saturated heterocycles. The van der Waals surface area contributed by atoms with E-state index in [2.05, 4.69) is 24.1 Å². The highest BCUT2D eigenvalue weighted by Crippen LogP contribution is 2.41. The van der Waals surface area contributed by atoms with Gasteiger partial charge in [0.05, 0.1) is 5.69 Å². The molecule has 2 N–H and O–H groups in total. The third-order valence-corrected chi connectivity index (χ3v) is 4.09. The number of nitrogens with one attached hydrogen (secondary N) is 1. The molecule has 1 saturated carbocycles. The molecule has 1 aromatic heterocycles. The van der Waals surface area contributed by atoms with Crippen LogP contribution in [0.25, 0.3) is 0 Å². The third-order valence-electron chi connectivity index (χ3n) is 4.09. The van der Waals surface area contributed by atoms with Crippen molar-refractivity contribution in [2.75, 3.05) is 5.32 Å². The fraction of sp³-hybridized carbons (Fsp3) is 0.533. The van der Waals surface area contributed by atoms with E-state index in [0.29, 0.717) is 0 Å². The Hall–Kier alpha value is -1.91. The van der Waals surface area contributed by atoms with Crippen molar-refractivity contribution in [2.24, 2.45) is 11.3 Å². The first-order chi connectivity index (χ1) is 9.42. The van der Waals surface area contributed by atoms with Gasteiger partial charge in [0.25, 0.3) is 0 Å². The molecule has 0 radical (unpaired) electrons. The Kier molecular flexibility index (Phi) is 4.06. The van der Waals surface area contributed by atoms with Crippen LogP contribution in [-0.2, 0) is 4.79 Å². The van der Waals surface area contributed by atoms with Crippen molar-refractivity contribution in [3.8, 4) is 0 Å². The quantitative estimate of drug-likeness (QED) is 0.889. The Bertz CT molecular complexity index is 526. The molecule has 0 aliphatic heterocycles. The lowest BCUT2D eigenvalue weighted by Gasteiger charge is -2.37. The number of carbonyl (C=O) groups is 2. The SMILES string of the molecule is CC1(C)CCCCC1C(=O)Nc1cccnc1C(=O)O. The molecule has 0 spiro atoms. The largest absolute Gasteiger partial charge is 0.476 e. The van der Waals surface area contributed by atoms with Crippen LogP contribution < -0.4 is 5.32 Å². The molecule has 1 unspecified atom stereocenters. The average Bonchev–Trinajstić information content (AvgIpc) is 2.38. The minimum atomic E-state index is -1.14. The number of carboxylic acid groups (broad SMARTS) is 1. The maximum Gasteiger partial charge on any atom is 0.356 e. The van der Waals surface area contributed by atoms with Crippen LogP contribution in [0, 0.1) is 11.3 Å². The van der Waals surface area contributed by atoms with Gasteiger partial charge in [-0.15, -0.1) is 0 Å².